The lowest BCUT2D eigenvalue weighted by molar-refractivity contribution is -0.139. The number of methoxy groups -OCH3 is 1. The van der Waals surface area contributed by atoms with Crippen molar-refractivity contribution in [2.45, 2.75) is 235 Å². The average Bonchev–Trinajstić information content (AvgIpc) is 3.58. The van der Waals surface area contributed by atoms with Crippen molar-refractivity contribution in [3.05, 3.63) is 59.4 Å². The lowest BCUT2D eigenvalue weighted by Crippen LogP contribution is -2.41. The molecule has 0 bridgehead atoms. The number of imide groups is 1. The Morgan fingerprint density at radius 3 is 1.36 bits per heavy atom. The first-order valence-electron chi connectivity index (χ1n) is 26.3. The van der Waals surface area contributed by atoms with E-state index < -0.39 is 79.3 Å². The van der Waals surface area contributed by atoms with E-state index in [-0.39, 0.29) is 94.9 Å². The lowest BCUT2D eigenvalue weighted by Gasteiger charge is -2.24. The summed E-state index contributed by atoms with van der Waals surface area (Å²) in [5.74, 6) is 0.407. The molecule has 1 aliphatic rings. The number of ether oxygens (including phenoxy) is 1. The number of nitrogens with zero attached hydrogens (tertiary/aromatic N) is 1. The van der Waals surface area contributed by atoms with Crippen molar-refractivity contribution in [3.8, 4) is 0 Å². The van der Waals surface area contributed by atoms with Crippen molar-refractivity contribution in [1.29, 1.82) is 0 Å². The maximum absolute atomic E-state index is 13.3. The molecule has 18 heteroatoms. The Balaban J connectivity index is 1.56. The fourth-order valence-electron chi connectivity index (χ4n) is 9.92. The van der Waals surface area contributed by atoms with Crippen LogP contribution in [0, 0.1) is 11.8 Å². The van der Waals surface area contributed by atoms with Crippen molar-refractivity contribution in [3.63, 3.8) is 0 Å². The number of carbonyl (C=O) groups excluding carboxylic acids is 3. The highest BCUT2D eigenvalue weighted by molar-refractivity contribution is 6.08. The Labute approximate surface area is 427 Å². The molecule has 1 aromatic rings. The molecule has 1 aromatic carbocycles. The largest absolute Gasteiger partial charge is 0.499 e. The molecule has 0 aliphatic carbocycles. The Hall–Kier alpha value is -3.37. The van der Waals surface area contributed by atoms with E-state index >= 15 is 0 Å². The van der Waals surface area contributed by atoms with Gasteiger partial charge in [0.05, 0.1) is 80.4 Å². The Kier molecular flexibility index (Phi) is 32.2. The number of unbranched alkanes of at least 4 members (excludes halogenated alkanes) is 4. The van der Waals surface area contributed by atoms with Crippen LogP contribution in [0.3, 0.4) is 0 Å². The first-order valence-corrected chi connectivity index (χ1v) is 26.3. The van der Waals surface area contributed by atoms with Crippen LogP contribution >= 0.6 is 0 Å². The van der Waals surface area contributed by atoms with Gasteiger partial charge in [-0.3, -0.25) is 19.3 Å². The minimum Gasteiger partial charge on any atom is -0.499 e. The number of hydrogen-bond acceptors (Lipinski definition) is 16. The molecule has 3 amide bonds. The Morgan fingerprint density at radius 1 is 0.583 bits per heavy atom. The molecule has 72 heavy (non-hydrogen) atoms. The van der Waals surface area contributed by atoms with Crippen LogP contribution in [0.1, 0.15) is 155 Å². The summed E-state index contributed by atoms with van der Waals surface area (Å²) >= 11 is 0. The molecule has 0 aromatic heterocycles. The SMILES string of the molecule is COC1=CC(=O)N(C(=O)C=C(C)CC(C)CCCCCCCC(C)CC(O)CC(O)CC(O)CC(O)CC(O)CC(O)CC(O)CC(O)CC(O)CC(O)CC(O)CC(O)CNC=O)C1Cc1ccccc1. The highest BCUT2D eigenvalue weighted by Crippen LogP contribution is 2.27. The number of aliphatic hydroxyl groups is 12. The quantitative estimate of drug-likeness (QED) is 0.0255. The monoisotopic (exact) mass is 1020 g/mol. The molecule has 0 fully saturated rings. The summed E-state index contributed by atoms with van der Waals surface area (Å²) in [7, 11) is 1.51. The van der Waals surface area contributed by atoms with E-state index in [9.17, 15) is 75.7 Å². The Morgan fingerprint density at radius 2 is 0.958 bits per heavy atom. The molecule has 0 saturated carbocycles. The maximum atomic E-state index is 13.3. The lowest BCUT2D eigenvalue weighted by atomic mass is 9.92. The van der Waals surface area contributed by atoms with Crippen molar-refractivity contribution in [2.75, 3.05) is 13.7 Å². The fourth-order valence-corrected chi connectivity index (χ4v) is 9.92. The third-order valence-corrected chi connectivity index (χ3v) is 13.4. The third-order valence-electron chi connectivity index (χ3n) is 13.4. The molecular formula is C54H92N2O16. The molecule has 2 rings (SSSR count). The van der Waals surface area contributed by atoms with E-state index in [1.807, 2.05) is 37.3 Å². The minimum absolute atomic E-state index is 0.0613. The van der Waals surface area contributed by atoms with Crippen molar-refractivity contribution in [1.82, 2.24) is 10.2 Å². The van der Waals surface area contributed by atoms with Crippen LogP contribution < -0.4 is 5.32 Å². The van der Waals surface area contributed by atoms with Crippen LogP contribution in [0.4, 0.5) is 0 Å². The topological polar surface area (TPSA) is 318 Å². The van der Waals surface area contributed by atoms with Gasteiger partial charge in [-0.1, -0.05) is 94.7 Å². The standard InChI is InChI=1S/C54H92N2O16/c1-35(17-37(3)19-53(70)56-51(52(72-4)32-54(56)71)20-38-15-11-8-12-16-38)13-9-6-5-7-10-14-36(2)18-39(58)21-40(59)22-41(60)23-42(61)24-43(62)25-44(63)26-45(64)27-46(65)28-47(66)29-48(67)30-49(68)31-50(69)33-55-34-57/h8,11-12,15-16,19,32,34-36,39-51,58-69H,5-7,9-10,13-14,17-18,20-31,33H2,1-4H3,(H,55,57). The van der Waals surface area contributed by atoms with E-state index in [4.69, 9.17) is 4.74 Å². The molecule has 18 nitrogen and oxygen atoms in total. The summed E-state index contributed by atoms with van der Waals surface area (Å²) in [6, 6.07) is 9.23. The molecule has 1 aliphatic heterocycles. The van der Waals surface area contributed by atoms with Gasteiger partial charge < -0.3 is 71.3 Å². The normalized spacial score (nSPS) is 20.2. The van der Waals surface area contributed by atoms with Crippen LogP contribution in [-0.4, -0.2) is 177 Å². The van der Waals surface area contributed by atoms with Crippen molar-refractivity contribution in [2.24, 2.45) is 11.8 Å². The number of hydrogen-bond donors (Lipinski definition) is 13. The van der Waals surface area contributed by atoms with Gasteiger partial charge in [0.25, 0.3) is 11.8 Å². The second-order valence-electron chi connectivity index (χ2n) is 21.0. The molecule has 0 saturated heterocycles. The number of amides is 3. The predicted molar refractivity (Wildman–Crippen MR) is 271 cm³/mol. The Bertz CT molecular complexity index is 1700. The number of allylic oxidation sites excluding steroid dienone is 1. The highest BCUT2D eigenvalue weighted by atomic mass is 16.5. The highest BCUT2D eigenvalue weighted by Gasteiger charge is 2.37. The van der Waals surface area contributed by atoms with Crippen LogP contribution in [0.15, 0.2) is 53.8 Å². The van der Waals surface area contributed by atoms with Crippen LogP contribution in [-0.2, 0) is 25.5 Å². The first kappa shape index (κ1) is 64.7. The van der Waals surface area contributed by atoms with Crippen LogP contribution in [0.25, 0.3) is 0 Å². The molecule has 414 valence electrons. The summed E-state index contributed by atoms with van der Waals surface area (Å²) in [4.78, 5) is 37.7. The van der Waals surface area contributed by atoms with Crippen molar-refractivity contribution >= 4 is 18.2 Å². The second kappa shape index (κ2) is 35.8. The third kappa shape index (κ3) is 28.3. The van der Waals surface area contributed by atoms with Gasteiger partial charge in [-0.15, -0.1) is 0 Å². The maximum Gasteiger partial charge on any atom is 0.257 e. The molecule has 1 heterocycles. The molecule has 13 N–H and O–H groups in total. The van der Waals surface area contributed by atoms with Gasteiger partial charge in [-0.25, -0.2) is 0 Å². The van der Waals surface area contributed by atoms with E-state index in [1.54, 1.807) is 6.08 Å². The second-order valence-corrected chi connectivity index (χ2v) is 21.0. The first-order chi connectivity index (χ1) is 34.1. The smallest absolute Gasteiger partial charge is 0.257 e. The summed E-state index contributed by atoms with van der Waals surface area (Å²) in [6.07, 6.45) is -2.37. The zero-order valence-corrected chi connectivity index (χ0v) is 43.3. The van der Waals surface area contributed by atoms with Crippen molar-refractivity contribution < 1.29 is 80.4 Å². The summed E-state index contributed by atoms with van der Waals surface area (Å²) in [6.45, 7) is 6.12. The summed E-state index contributed by atoms with van der Waals surface area (Å²) < 4.78 is 5.46. The zero-order chi connectivity index (χ0) is 53.8. The van der Waals surface area contributed by atoms with Gasteiger partial charge in [0.1, 0.15) is 11.8 Å². The van der Waals surface area contributed by atoms with Gasteiger partial charge in [0.15, 0.2) is 0 Å². The van der Waals surface area contributed by atoms with Crippen LogP contribution in [0.5, 0.6) is 0 Å². The number of nitrogens with one attached hydrogen (secondary N) is 1. The van der Waals surface area contributed by atoms with E-state index in [2.05, 4.69) is 19.2 Å². The molecule has 15 atom stereocenters. The summed E-state index contributed by atoms with van der Waals surface area (Å²) in [5.41, 5.74) is 1.94. The molecule has 0 radical (unpaired) electrons. The minimum atomic E-state index is -1.20. The fraction of sp³-hybridized carbons (Fsp3) is 0.759. The van der Waals surface area contributed by atoms with Crippen LogP contribution in [0.2, 0.25) is 0 Å². The van der Waals surface area contributed by atoms with Gasteiger partial charge in [-0.2, -0.15) is 0 Å². The predicted octanol–water partition coefficient (Wildman–Crippen LogP) is 2.59. The molecule has 0 spiro atoms. The van der Waals surface area contributed by atoms with Gasteiger partial charge >= 0.3 is 0 Å². The molecular weight excluding hydrogens is 933 g/mol. The summed E-state index contributed by atoms with van der Waals surface area (Å²) in [5, 5.41) is 126. The van der Waals surface area contributed by atoms with E-state index in [0.29, 0.717) is 30.9 Å². The van der Waals surface area contributed by atoms with Gasteiger partial charge in [0, 0.05) is 31.5 Å². The number of aliphatic hydroxyl groups excluding tert-OH is 12. The zero-order valence-electron chi connectivity index (χ0n) is 43.3. The number of rotatable bonds is 41. The number of carbonyl (C=O) groups is 3. The van der Waals surface area contributed by atoms with E-state index in [1.165, 1.54) is 18.1 Å². The number of benzene rings is 1. The average molecular weight is 1030 g/mol. The van der Waals surface area contributed by atoms with Gasteiger partial charge in [0.2, 0.25) is 6.41 Å². The van der Waals surface area contributed by atoms with Gasteiger partial charge in [-0.05, 0) is 101 Å². The molecule has 15 unspecified atom stereocenters. The van der Waals surface area contributed by atoms with E-state index in [0.717, 1.165) is 62.5 Å².